The number of esters is 1. The van der Waals surface area contributed by atoms with Crippen LogP contribution in [-0.2, 0) is 14.3 Å². The first-order chi connectivity index (χ1) is 15.9. The number of carbonyl (C=O) groups is 2. The lowest BCUT2D eigenvalue weighted by atomic mass is 9.96. The summed E-state index contributed by atoms with van der Waals surface area (Å²) in [5, 5.41) is 8.72. The number of carbonyl (C=O) groups excluding carboxylic acids is 1. The lowest BCUT2D eigenvalue weighted by Crippen LogP contribution is -2.39. The van der Waals surface area contributed by atoms with Crippen LogP contribution in [0.1, 0.15) is 24.1 Å². The SMILES string of the molecule is COC(=O)C1=C(C)N=c2sc(=Cc3ccc(OCC(=O)O)cc3)c(=O)n2C1c1ccccc1. The van der Waals surface area contributed by atoms with Crippen molar-refractivity contribution in [3.05, 3.63) is 96.7 Å². The largest absolute Gasteiger partial charge is 0.482 e. The van der Waals surface area contributed by atoms with Gasteiger partial charge in [0.15, 0.2) is 11.4 Å². The maximum Gasteiger partial charge on any atom is 0.341 e. The molecule has 8 nitrogen and oxygen atoms in total. The third kappa shape index (κ3) is 4.49. The number of thiazole rings is 1. The number of benzene rings is 2. The summed E-state index contributed by atoms with van der Waals surface area (Å²) < 4.78 is 12.1. The van der Waals surface area contributed by atoms with Crippen molar-refractivity contribution in [2.24, 2.45) is 4.99 Å². The molecule has 0 saturated heterocycles. The van der Waals surface area contributed by atoms with E-state index in [9.17, 15) is 14.4 Å². The summed E-state index contributed by atoms with van der Waals surface area (Å²) in [7, 11) is 1.31. The molecule has 2 aromatic carbocycles. The van der Waals surface area contributed by atoms with E-state index in [0.29, 0.717) is 26.4 Å². The summed E-state index contributed by atoms with van der Waals surface area (Å²) in [5.74, 6) is -1.18. The number of allylic oxidation sites excluding steroid dienone is 1. The molecule has 0 bridgehead atoms. The van der Waals surface area contributed by atoms with Gasteiger partial charge in [-0.25, -0.2) is 14.6 Å². The molecular formula is C24H20N2O6S. The number of ether oxygens (including phenoxy) is 2. The third-order valence-electron chi connectivity index (χ3n) is 5.08. The fraction of sp³-hybridized carbons (Fsp3) is 0.167. The molecule has 2 heterocycles. The Balaban J connectivity index is 1.81. The van der Waals surface area contributed by atoms with E-state index in [1.165, 1.54) is 23.0 Å². The molecular weight excluding hydrogens is 444 g/mol. The predicted octanol–water partition coefficient (Wildman–Crippen LogP) is 1.87. The number of rotatable bonds is 6. The van der Waals surface area contributed by atoms with E-state index in [0.717, 1.165) is 11.1 Å². The molecule has 0 spiro atoms. The Bertz CT molecular complexity index is 1420. The number of aliphatic carboxylic acids is 1. The molecule has 0 amide bonds. The van der Waals surface area contributed by atoms with E-state index in [4.69, 9.17) is 14.6 Å². The normalized spacial score (nSPS) is 15.6. The van der Waals surface area contributed by atoms with Gasteiger partial charge >= 0.3 is 11.9 Å². The fourth-order valence-corrected chi connectivity index (χ4v) is 4.65. The maximum absolute atomic E-state index is 13.4. The first-order valence-corrected chi connectivity index (χ1v) is 10.8. The van der Waals surface area contributed by atoms with Gasteiger partial charge in [0.05, 0.1) is 29.0 Å². The third-order valence-corrected chi connectivity index (χ3v) is 6.07. The summed E-state index contributed by atoms with van der Waals surface area (Å²) in [6, 6.07) is 15.4. The lowest BCUT2D eigenvalue weighted by Gasteiger charge is -2.24. The summed E-state index contributed by atoms with van der Waals surface area (Å²) >= 11 is 1.23. The number of nitrogens with zero attached hydrogens (tertiary/aromatic N) is 2. The summed E-state index contributed by atoms with van der Waals surface area (Å²) in [4.78, 5) is 41.7. The van der Waals surface area contributed by atoms with Crippen LogP contribution in [-0.4, -0.2) is 35.3 Å². The monoisotopic (exact) mass is 464 g/mol. The van der Waals surface area contributed by atoms with Crippen molar-refractivity contribution in [2.75, 3.05) is 13.7 Å². The van der Waals surface area contributed by atoms with Gasteiger partial charge in [0, 0.05) is 0 Å². The number of carboxylic acids is 1. The van der Waals surface area contributed by atoms with E-state index in [-0.39, 0.29) is 5.56 Å². The van der Waals surface area contributed by atoms with Crippen LogP contribution in [0.3, 0.4) is 0 Å². The Labute approximate surface area is 192 Å². The molecule has 9 heteroatoms. The number of hydrogen-bond donors (Lipinski definition) is 1. The quantitative estimate of drug-likeness (QED) is 0.558. The molecule has 1 atom stereocenters. The second-order valence-electron chi connectivity index (χ2n) is 7.24. The van der Waals surface area contributed by atoms with Crippen LogP contribution in [0.2, 0.25) is 0 Å². The Kier molecular flexibility index (Phi) is 6.23. The van der Waals surface area contributed by atoms with Crippen molar-refractivity contribution in [1.29, 1.82) is 0 Å². The van der Waals surface area contributed by atoms with Crippen LogP contribution in [0.4, 0.5) is 0 Å². The Morgan fingerprint density at radius 1 is 1.15 bits per heavy atom. The van der Waals surface area contributed by atoms with Gasteiger partial charge in [-0.15, -0.1) is 0 Å². The van der Waals surface area contributed by atoms with Crippen LogP contribution < -0.4 is 19.6 Å². The van der Waals surface area contributed by atoms with Gasteiger partial charge in [0.25, 0.3) is 5.56 Å². The highest BCUT2D eigenvalue weighted by molar-refractivity contribution is 7.07. The Hall–Kier alpha value is -3.98. The zero-order valence-electron chi connectivity index (χ0n) is 17.8. The average molecular weight is 464 g/mol. The summed E-state index contributed by atoms with van der Waals surface area (Å²) in [6.07, 6.45) is 1.73. The highest BCUT2D eigenvalue weighted by Crippen LogP contribution is 2.30. The van der Waals surface area contributed by atoms with Crippen LogP contribution in [0.15, 0.2) is 75.7 Å². The minimum absolute atomic E-state index is 0.271. The smallest absolute Gasteiger partial charge is 0.341 e. The van der Waals surface area contributed by atoms with Gasteiger partial charge in [-0.2, -0.15) is 0 Å². The molecule has 1 aliphatic heterocycles. The van der Waals surface area contributed by atoms with Crippen LogP contribution in [0.5, 0.6) is 5.75 Å². The first kappa shape index (κ1) is 22.2. The second kappa shape index (κ2) is 9.25. The molecule has 3 aromatic rings. The van der Waals surface area contributed by atoms with Crippen molar-refractivity contribution in [3.63, 3.8) is 0 Å². The van der Waals surface area contributed by atoms with Gasteiger partial charge in [-0.3, -0.25) is 9.36 Å². The van der Waals surface area contributed by atoms with Crippen LogP contribution >= 0.6 is 11.3 Å². The van der Waals surface area contributed by atoms with Gasteiger partial charge in [-0.1, -0.05) is 53.8 Å². The number of methoxy groups -OCH3 is 1. The number of carboxylic acid groups (broad SMARTS) is 1. The summed E-state index contributed by atoms with van der Waals surface area (Å²) in [6.45, 7) is 1.30. The van der Waals surface area contributed by atoms with Crippen LogP contribution in [0.25, 0.3) is 6.08 Å². The molecule has 0 radical (unpaired) electrons. The predicted molar refractivity (Wildman–Crippen MR) is 122 cm³/mol. The molecule has 0 saturated carbocycles. The van der Waals surface area contributed by atoms with Gasteiger partial charge < -0.3 is 14.6 Å². The minimum atomic E-state index is -1.06. The van der Waals surface area contributed by atoms with Crippen LogP contribution in [0, 0.1) is 0 Å². The molecule has 1 unspecified atom stereocenters. The van der Waals surface area contributed by atoms with Gasteiger partial charge in [-0.05, 0) is 36.3 Å². The molecule has 33 heavy (non-hydrogen) atoms. The van der Waals surface area contributed by atoms with E-state index >= 15 is 0 Å². The van der Waals surface area contributed by atoms with E-state index < -0.39 is 24.6 Å². The standard InChI is InChI=1S/C24H20N2O6S/c1-14-20(23(30)31-2)21(16-6-4-3-5-7-16)26-22(29)18(33-24(26)25-14)12-15-8-10-17(11-9-15)32-13-19(27)28/h3-12,21H,13H2,1-2H3,(H,27,28). The molecule has 168 valence electrons. The number of fused-ring (bicyclic) bond motifs is 1. The zero-order chi connectivity index (χ0) is 23.5. The molecule has 4 rings (SSSR count). The highest BCUT2D eigenvalue weighted by Gasteiger charge is 2.32. The average Bonchev–Trinajstić information content (AvgIpc) is 3.12. The maximum atomic E-state index is 13.4. The fourth-order valence-electron chi connectivity index (χ4n) is 3.60. The highest BCUT2D eigenvalue weighted by atomic mass is 32.1. The molecule has 1 aromatic heterocycles. The topological polar surface area (TPSA) is 107 Å². The van der Waals surface area contributed by atoms with Crippen molar-refractivity contribution in [3.8, 4) is 5.75 Å². The Morgan fingerprint density at radius 3 is 2.48 bits per heavy atom. The van der Waals surface area contributed by atoms with E-state index in [1.54, 1.807) is 37.3 Å². The van der Waals surface area contributed by atoms with Gasteiger partial charge in [0.1, 0.15) is 5.75 Å². The molecule has 1 N–H and O–H groups in total. The minimum Gasteiger partial charge on any atom is -0.482 e. The lowest BCUT2D eigenvalue weighted by molar-refractivity contribution is -0.139. The van der Waals surface area contributed by atoms with Crippen molar-refractivity contribution >= 4 is 29.4 Å². The van der Waals surface area contributed by atoms with Crippen molar-refractivity contribution in [2.45, 2.75) is 13.0 Å². The van der Waals surface area contributed by atoms with E-state index in [1.807, 2.05) is 30.3 Å². The molecule has 0 fully saturated rings. The summed E-state index contributed by atoms with van der Waals surface area (Å²) in [5.41, 5.74) is 2.07. The Morgan fingerprint density at radius 2 is 1.85 bits per heavy atom. The number of aromatic nitrogens is 1. The second-order valence-corrected chi connectivity index (χ2v) is 8.24. The number of hydrogen-bond acceptors (Lipinski definition) is 7. The molecule has 1 aliphatic rings. The van der Waals surface area contributed by atoms with Crippen molar-refractivity contribution in [1.82, 2.24) is 4.57 Å². The van der Waals surface area contributed by atoms with Crippen molar-refractivity contribution < 1.29 is 24.2 Å². The zero-order valence-corrected chi connectivity index (χ0v) is 18.7. The van der Waals surface area contributed by atoms with Gasteiger partial charge in [0.2, 0.25) is 0 Å². The van der Waals surface area contributed by atoms with E-state index in [2.05, 4.69) is 4.99 Å². The molecule has 0 aliphatic carbocycles. The first-order valence-electron chi connectivity index (χ1n) is 9.99.